The maximum absolute atomic E-state index is 13.1. The maximum atomic E-state index is 13.1. The zero-order valence-corrected chi connectivity index (χ0v) is 18.2. The Morgan fingerprint density at radius 1 is 1.26 bits per heavy atom. The van der Waals surface area contributed by atoms with Crippen LogP contribution in [0.3, 0.4) is 0 Å². The molecule has 0 unspecified atom stereocenters. The summed E-state index contributed by atoms with van der Waals surface area (Å²) in [7, 11) is 0. The van der Waals surface area contributed by atoms with Gasteiger partial charge in [-0.1, -0.05) is 18.2 Å². The number of rotatable bonds is 7. The molecule has 7 nitrogen and oxygen atoms in total. The number of carbonyl (C=O) groups is 2. The zero-order chi connectivity index (χ0) is 21.6. The lowest BCUT2D eigenvalue weighted by Gasteiger charge is -2.28. The first-order chi connectivity index (χ1) is 15.2. The number of carbonyl (C=O) groups excluding carboxylic acids is 2. The third kappa shape index (κ3) is 4.93. The van der Waals surface area contributed by atoms with Gasteiger partial charge in [-0.2, -0.15) is 5.26 Å². The van der Waals surface area contributed by atoms with Crippen LogP contribution in [0.1, 0.15) is 27.5 Å². The Morgan fingerprint density at radius 3 is 2.94 bits per heavy atom. The SMILES string of the molecule is N#CCCN(Cc1cccnc1)C(=O)c1csc(CN2C(=O)CSc3ccccc32)n1. The van der Waals surface area contributed by atoms with Crippen molar-refractivity contribution in [3.63, 3.8) is 0 Å². The molecule has 0 radical (unpaired) electrons. The fourth-order valence-corrected chi connectivity index (χ4v) is 4.95. The van der Waals surface area contributed by atoms with E-state index in [0.717, 1.165) is 16.1 Å². The number of benzene rings is 1. The number of thioether (sulfide) groups is 1. The first kappa shape index (κ1) is 21.0. The first-order valence-electron chi connectivity index (χ1n) is 9.67. The minimum absolute atomic E-state index is 0.0269. The van der Waals surface area contributed by atoms with E-state index in [4.69, 9.17) is 5.26 Å². The highest BCUT2D eigenvalue weighted by Crippen LogP contribution is 2.36. The quantitative estimate of drug-likeness (QED) is 0.546. The highest BCUT2D eigenvalue weighted by Gasteiger charge is 2.26. The van der Waals surface area contributed by atoms with Gasteiger partial charge in [-0.3, -0.25) is 14.6 Å². The third-order valence-electron chi connectivity index (χ3n) is 4.75. The molecule has 0 fully saturated rings. The van der Waals surface area contributed by atoms with Crippen LogP contribution in [0.5, 0.6) is 0 Å². The van der Waals surface area contributed by atoms with Crippen LogP contribution in [0.15, 0.2) is 59.1 Å². The lowest BCUT2D eigenvalue weighted by Crippen LogP contribution is -2.35. The molecule has 9 heteroatoms. The van der Waals surface area contributed by atoms with Crippen molar-refractivity contribution in [1.29, 1.82) is 5.26 Å². The molecule has 0 N–H and O–H groups in total. The molecule has 1 aliphatic rings. The number of hydrogen-bond donors (Lipinski definition) is 0. The van der Waals surface area contributed by atoms with Crippen molar-refractivity contribution in [3.8, 4) is 6.07 Å². The van der Waals surface area contributed by atoms with Crippen molar-refractivity contribution in [2.24, 2.45) is 0 Å². The molecule has 31 heavy (non-hydrogen) atoms. The molecule has 3 heterocycles. The van der Waals surface area contributed by atoms with Crippen LogP contribution < -0.4 is 4.90 Å². The fraction of sp³-hybridized carbons (Fsp3) is 0.227. The van der Waals surface area contributed by atoms with E-state index in [9.17, 15) is 9.59 Å². The Balaban J connectivity index is 1.51. The van der Waals surface area contributed by atoms with Crippen LogP contribution in [0.4, 0.5) is 5.69 Å². The Morgan fingerprint density at radius 2 is 2.13 bits per heavy atom. The minimum Gasteiger partial charge on any atom is -0.332 e. The number of thiazole rings is 1. The monoisotopic (exact) mass is 449 g/mol. The number of nitriles is 1. The maximum Gasteiger partial charge on any atom is 0.273 e. The van der Waals surface area contributed by atoms with E-state index >= 15 is 0 Å². The minimum atomic E-state index is -0.234. The van der Waals surface area contributed by atoms with Gasteiger partial charge in [-0.15, -0.1) is 23.1 Å². The van der Waals surface area contributed by atoms with Gasteiger partial charge < -0.3 is 9.80 Å². The predicted molar refractivity (Wildman–Crippen MR) is 120 cm³/mol. The summed E-state index contributed by atoms with van der Waals surface area (Å²) in [6.07, 6.45) is 3.62. The van der Waals surface area contributed by atoms with Crippen molar-refractivity contribution < 1.29 is 9.59 Å². The standard InChI is InChI=1S/C22H19N5O2S2/c23-8-4-10-26(12-16-5-3-9-24-11-16)22(29)17-14-31-20(25-17)13-27-18-6-1-2-7-19(18)30-15-21(27)28/h1-3,5-7,9,11,14H,4,10,12-13,15H2. The number of aromatic nitrogens is 2. The van der Waals surface area contributed by atoms with Crippen LogP contribution in [0.25, 0.3) is 0 Å². The van der Waals surface area contributed by atoms with Crippen molar-refractivity contribution in [2.45, 2.75) is 24.4 Å². The fourth-order valence-electron chi connectivity index (χ4n) is 3.26. The molecule has 4 rings (SSSR count). The zero-order valence-electron chi connectivity index (χ0n) is 16.6. The largest absolute Gasteiger partial charge is 0.332 e. The number of amides is 2. The number of hydrogen-bond acceptors (Lipinski definition) is 7. The number of para-hydroxylation sites is 1. The summed E-state index contributed by atoms with van der Waals surface area (Å²) >= 11 is 2.89. The Bertz CT molecular complexity index is 1130. The first-order valence-corrected chi connectivity index (χ1v) is 11.5. The smallest absolute Gasteiger partial charge is 0.273 e. The van der Waals surface area contributed by atoms with Crippen molar-refractivity contribution in [1.82, 2.24) is 14.9 Å². The van der Waals surface area contributed by atoms with Gasteiger partial charge in [0.05, 0.1) is 30.5 Å². The molecule has 0 saturated heterocycles. The Kier molecular flexibility index (Phi) is 6.60. The van der Waals surface area contributed by atoms with E-state index in [0.29, 0.717) is 36.1 Å². The predicted octanol–water partition coefficient (Wildman–Crippen LogP) is 3.73. The van der Waals surface area contributed by atoms with Gasteiger partial charge in [-0.25, -0.2) is 4.98 Å². The second-order valence-electron chi connectivity index (χ2n) is 6.86. The highest BCUT2D eigenvalue weighted by molar-refractivity contribution is 8.00. The molecule has 0 aliphatic carbocycles. The molecule has 3 aromatic rings. The second-order valence-corrected chi connectivity index (χ2v) is 8.82. The molecule has 156 valence electrons. The molecule has 0 spiro atoms. The molecule has 1 aliphatic heterocycles. The summed E-state index contributed by atoms with van der Waals surface area (Å²) < 4.78 is 0. The van der Waals surface area contributed by atoms with Crippen LogP contribution in [-0.4, -0.2) is 39.0 Å². The molecule has 0 saturated carbocycles. The normalized spacial score (nSPS) is 12.9. The average molecular weight is 450 g/mol. The number of anilines is 1. The highest BCUT2D eigenvalue weighted by atomic mass is 32.2. The molecular formula is C22H19N5O2S2. The van der Waals surface area contributed by atoms with E-state index in [1.807, 2.05) is 36.4 Å². The van der Waals surface area contributed by atoms with E-state index in [1.165, 1.54) is 23.1 Å². The van der Waals surface area contributed by atoms with E-state index in [1.54, 1.807) is 27.6 Å². The van der Waals surface area contributed by atoms with Gasteiger partial charge in [0.2, 0.25) is 5.91 Å². The van der Waals surface area contributed by atoms with E-state index in [-0.39, 0.29) is 18.2 Å². The van der Waals surface area contributed by atoms with Crippen molar-refractivity contribution in [3.05, 3.63) is 70.4 Å². The molecule has 2 amide bonds. The summed E-state index contributed by atoms with van der Waals surface area (Å²) in [6.45, 7) is 0.998. The van der Waals surface area contributed by atoms with Gasteiger partial charge in [0.1, 0.15) is 10.7 Å². The molecule has 1 aromatic carbocycles. The molecule has 0 atom stereocenters. The topological polar surface area (TPSA) is 90.2 Å². The lowest BCUT2D eigenvalue weighted by molar-refractivity contribution is -0.116. The summed E-state index contributed by atoms with van der Waals surface area (Å²) in [4.78, 5) is 38.6. The summed E-state index contributed by atoms with van der Waals surface area (Å²) in [5.41, 5.74) is 2.09. The van der Waals surface area contributed by atoms with Crippen LogP contribution in [0, 0.1) is 11.3 Å². The molecule has 2 aromatic heterocycles. The molecule has 0 bridgehead atoms. The average Bonchev–Trinajstić information content (AvgIpc) is 3.27. The Labute approximate surface area is 188 Å². The van der Waals surface area contributed by atoms with Crippen LogP contribution >= 0.6 is 23.1 Å². The summed E-state index contributed by atoms with van der Waals surface area (Å²) in [6, 6.07) is 13.6. The van der Waals surface area contributed by atoms with Gasteiger partial charge >= 0.3 is 0 Å². The Hall–Kier alpha value is -3.22. The summed E-state index contributed by atoms with van der Waals surface area (Å²) in [5.74, 6) is 0.183. The van der Waals surface area contributed by atoms with Crippen molar-refractivity contribution in [2.75, 3.05) is 17.2 Å². The van der Waals surface area contributed by atoms with Gasteiger partial charge in [0, 0.05) is 35.8 Å². The van der Waals surface area contributed by atoms with Gasteiger partial charge in [0.15, 0.2) is 0 Å². The lowest BCUT2D eigenvalue weighted by atomic mass is 10.2. The van der Waals surface area contributed by atoms with Crippen LogP contribution in [0.2, 0.25) is 0 Å². The van der Waals surface area contributed by atoms with Crippen LogP contribution in [-0.2, 0) is 17.9 Å². The number of pyridine rings is 1. The van der Waals surface area contributed by atoms with Gasteiger partial charge in [-0.05, 0) is 23.8 Å². The molecular weight excluding hydrogens is 430 g/mol. The number of fused-ring (bicyclic) bond motifs is 1. The number of nitrogens with zero attached hydrogens (tertiary/aromatic N) is 5. The second kappa shape index (κ2) is 9.73. The van der Waals surface area contributed by atoms with Crippen molar-refractivity contribution >= 4 is 40.6 Å². The third-order valence-corrected chi connectivity index (χ3v) is 6.63. The summed E-state index contributed by atoms with van der Waals surface area (Å²) in [5, 5.41) is 11.4. The van der Waals surface area contributed by atoms with E-state index < -0.39 is 0 Å². The van der Waals surface area contributed by atoms with E-state index in [2.05, 4.69) is 16.0 Å². The van der Waals surface area contributed by atoms with Gasteiger partial charge in [0.25, 0.3) is 5.91 Å².